The second-order valence-corrected chi connectivity index (χ2v) is 6.99. The molecule has 1 aliphatic rings. The number of hydrogen-bond acceptors (Lipinski definition) is 7. The van der Waals surface area contributed by atoms with Crippen molar-refractivity contribution in [1.29, 1.82) is 5.26 Å². The Labute approximate surface area is 174 Å². The van der Waals surface area contributed by atoms with E-state index in [4.69, 9.17) is 33.2 Å². The highest BCUT2D eigenvalue weighted by Gasteiger charge is 2.19. The lowest BCUT2D eigenvalue weighted by molar-refractivity contribution is 0.297. The van der Waals surface area contributed by atoms with Crippen LogP contribution in [0.25, 0.3) is 5.69 Å². The summed E-state index contributed by atoms with van der Waals surface area (Å²) in [6.45, 7) is 7.80. The number of allylic oxidation sites excluding steroid dienone is 1. The second kappa shape index (κ2) is 7.95. The normalized spacial score (nSPS) is 13.4. The minimum Gasteiger partial charge on any atom is -0.434 e. The van der Waals surface area contributed by atoms with Gasteiger partial charge in [0.25, 0.3) is 5.56 Å². The number of aromatic amines is 1. The summed E-state index contributed by atoms with van der Waals surface area (Å²) < 4.78 is 6.54. The van der Waals surface area contributed by atoms with Gasteiger partial charge in [-0.15, -0.1) is 10.2 Å². The van der Waals surface area contributed by atoms with Gasteiger partial charge in [-0.1, -0.05) is 29.8 Å². The molecule has 11 heteroatoms. The fourth-order valence-electron chi connectivity index (χ4n) is 2.47. The lowest BCUT2D eigenvalue weighted by Crippen LogP contribution is -2.33. The van der Waals surface area contributed by atoms with Crippen molar-refractivity contribution in [3.05, 3.63) is 73.1 Å². The Bertz CT molecular complexity index is 1200. The maximum atomic E-state index is 12.0. The van der Waals surface area contributed by atoms with Crippen molar-refractivity contribution >= 4 is 29.1 Å². The molecule has 148 valence electrons. The summed E-state index contributed by atoms with van der Waals surface area (Å²) in [5, 5.41) is 18.8. The Morgan fingerprint density at radius 1 is 1.24 bits per heavy atom. The number of ether oxygens (including phenoxy) is 1. The van der Waals surface area contributed by atoms with E-state index in [2.05, 4.69) is 16.8 Å². The third-order valence-electron chi connectivity index (χ3n) is 3.78. The number of nitrogens with one attached hydrogen (secondary N) is 1. The Morgan fingerprint density at radius 2 is 1.90 bits per heavy atom. The summed E-state index contributed by atoms with van der Waals surface area (Å²) in [5.41, 5.74) is -1.36. The van der Waals surface area contributed by atoms with E-state index < -0.39 is 16.9 Å². The second-order valence-electron chi connectivity index (χ2n) is 6.17. The minimum atomic E-state index is -0.885. The van der Waals surface area contributed by atoms with Crippen LogP contribution in [0, 0.1) is 11.3 Å². The third-order valence-corrected chi connectivity index (χ3v) is 4.34. The predicted octanol–water partition coefficient (Wildman–Crippen LogP) is 2.59. The summed E-state index contributed by atoms with van der Waals surface area (Å²) in [6.07, 6.45) is 3.36. The number of hydrazone groups is 1. The first-order chi connectivity index (χ1) is 13.7. The van der Waals surface area contributed by atoms with Crippen LogP contribution in [0.15, 0.2) is 51.3 Å². The molecule has 9 nitrogen and oxygen atoms in total. The van der Waals surface area contributed by atoms with E-state index in [-0.39, 0.29) is 33.4 Å². The number of aromatic nitrogens is 3. The van der Waals surface area contributed by atoms with Gasteiger partial charge in [0.1, 0.15) is 6.07 Å². The average Bonchev–Trinajstić information content (AvgIpc) is 2.65. The summed E-state index contributed by atoms with van der Waals surface area (Å²) in [5.74, 6) is 0.364. The quantitative estimate of drug-likeness (QED) is 0.796. The molecule has 2 heterocycles. The van der Waals surface area contributed by atoms with Crippen LogP contribution in [0.3, 0.4) is 0 Å². The molecule has 0 amide bonds. The lowest BCUT2D eigenvalue weighted by atomic mass is 10.3. The fraction of sp³-hybridized carbons (Fsp3) is 0.167. The third kappa shape index (κ3) is 4.08. The van der Waals surface area contributed by atoms with Gasteiger partial charge >= 0.3 is 5.69 Å². The first-order valence-corrected chi connectivity index (χ1v) is 9.02. The smallest absolute Gasteiger partial charge is 0.349 e. The van der Waals surface area contributed by atoms with Gasteiger partial charge in [-0.05, 0) is 32.1 Å². The van der Waals surface area contributed by atoms with Gasteiger partial charge < -0.3 is 4.74 Å². The molecule has 0 aliphatic carbocycles. The molecule has 3 rings (SSSR count). The molecule has 1 N–H and O–H groups in total. The molecule has 1 aromatic heterocycles. The monoisotopic (exact) mass is 432 g/mol. The number of hydrogen-bond donors (Lipinski definition) is 1. The highest BCUT2D eigenvalue weighted by atomic mass is 35.5. The van der Waals surface area contributed by atoms with Crippen molar-refractivity contribution in [3.8, 4) is 17.5 Å². The number of H-pyrrole nitrogens is 1. The van der Waals surface area contributed by atoms with E-state index in [1.165, 1.54) is 12.1 Å². The molecule has 2 aromatic rings. The molecule has 0 saturated carbocycles. The molecule has 1 aromatic carbocycles. The van der Waals surface area contributed by atoms with Gasteiger partial charge in [0.15, 0.2) is 5.75 Å². The zero-order chi connectivity index (χ0) is 21.3. The van der Waals surface area contributed by atoms with Crippen LogP contribution in [-0.4, -0.2) is 31.7 Å². The highest BCUT2D eigenvalue weighted by Crippen LogP contribution is 2.35. The van der Waals surface area contributed by atoms with Crippen molar-refractivity contribution in [1.82, 2.24) is 19.8 Å². The van der Waals surface area contributed by atoms with Crippen LogP contribution >= 0.6 is 23.2 Å². The highest BCUT2D eigenvalue weighted by molar-refractivity contribution is 6.37. The van der Waals surface area contributed by atoms with Gasteiger partial charge in [0.2, 0.25) is 11.6 Å². The summed E-state index contributed by atoms with van der Waals surface area (Å²) in [4.78, 5) is 25.5. The molecule has 0 saturated heterocycles. The summed E-state index contributed by atoms with van der Waals surface area (Å²) in [7, 11) is 0. The van der Waals surface area contributed by atoms with E-state index >= 15 is 0 Å². The fourth-order valence-corrected chi connectivity index (χ4v) is 3.02. The minimum absolute atomic E-state index is 0.0619. The number of nitriles is 1. The molecule has 0 bridgehead atoms. The van der Waals surface area contributed by atoms with Crippen molar-refractivity contribution < 1.29 is 4.74 Å². The molecule has 29 heavy (non-hydrogen) atoms. The Morgan fingerprint density at radius 3 is 2.48 bits per heavy atom. The van der Waals surface area contributed by atoms with Crippen molar-refractivity contribution in [2.45, 2.75) is 19.9 Å². The zero-order valence-electron chi connectivity index (χ0n) is 15.3. The first-order valence-electron chi connectivity index (χ1n) is 8.27. The molecule has 0 unspecified atom stereocenters. The summed E-state index contributed by atoms with van der Waals surface area (Å²) in [6, 6.07) is 4.39. The molecule has 1 aliphatic heterocycles. The standard InChI is InChI=1S/C18H14Cl2N6O3/c1-9(2)25-10(3)4-5-15(24-25)29-16-12(19)6-11(7-13(16)20)26-18(28)22-17(27)14(8-21)23-26/h4-7,9H,3H2,1-2H3,(H,22,27,28). The van der Waals surface area contributed by atoms with E-state index in [1.807, 2.05) is 18.8 Å². The van der Waals surface area contributed by atoms with Gasteiger partial charge in [-0.3, -0.25) is 14.8 Å². The van der Waals surface area contributed by atoms with Crippen molar-refractivity contribution in [2.75, 3.05) is 0 Å². The number of rotatable bonds is 3. The largest absolute Gasteiger partial charge is 0.434 e. The Kier molecular flexibility index (Phi) is 5.59. The van der Waals surface area contributed by atoms with Crippen LogP contribution < -0.4 is 16.0 Å². The average molecular weight is 433 g/mol. The molecular weight excluding hydrogens is 419 g/mol. The van der Waals surface area contributed by atoms with E-state index in [0.29, 0.717) is 5.70 Å². The molecular formula is C18H14Cl2N6O3. The lowest BCUT2D eigenvalue weighted by Gasteiger charge is -2.26. The molecule has 0 fully saturated rings. The van der Waals surface area contributed by atoms with Crippen LogP contribution in [0.4, 0.5) is 0 Å². The van der Waals surface area contributed by atoms with Gasteiger partial charge in [-0.2, -0.15) is 9.94 Å². The van der Waals surface area contributed by atoms with Gasteiger partial charge in [0.05, 0.1) is 21.4 Å². The van der Waals surface area contributed by atoms with Gasteiger partial charge in [0, 0.05) is 12.1 Å². The maximum absolute atomic E-state index is 12.0. The number of benzene rings is 1. The van der Waals surface area contributed by atoms with Crippen LogP contribution in [-0.2, 0) is 0 Å². The summed E-state index contributed by atoms with van der Waals surface area (Å²) >= 11 is 12.6. The number of halogens is 2. The van der Waals surface area contributed by atoms with Crippen molar-refractivity contribution in [2.24, 2.45) is 5.10 Å². The predicted molar refractivity (Wildman–Crippen MR) is 109 cm³/mol. The topological polar surface area (TPSA) is 116 Å². The van der Waals surface area contributed by atoms with Gasteiger partial charge in [-0.25, -0.2) is 4.79 Å². The van der Waals surface area contributed by atoms with Crippen LogP contribution in [0.1, 0.15) is 19.5 Å². The maximum Gasteiger partial charge on any atom is 0.349 e. The van der Waals surface area contributed by atoms with Crippen LogP contribution in [0.2, 0.25) is 10.0 Å². The molecule has 0 spiro atoms. The van der Waals surface area contributed by atoms with E-state index in [1.54, 1.807) is 23.2 Å². The Balaban J connectivity index is 2.00. The van der Waals surface area contributed by atoms with E-state index in [0.717, 1.165) is 4.68 Å². The molecule has 0 radical (unpaired) electrons. The number of nitrogens with zero attached hydrogens (tertiary/aromatic N) is 5. The zero-order valence-corrected chi connectivity index (χ0v) is 16.8. The Hall–Kier alpha value is -3.35. The van der Waals surface area contributed by atoms with Crippen LogP contribution in [0.5, 0.6) is 5.75 Å². The van der Waals surface area contributed by atoms with E-state index in [9.17, 15) is 9.59 Å². The van der Waals surface area contributed by atoms with Crippen molar-refractivity contribution in [3.63, 3.8) is 0 Å². The first kappa shape index (κ1) is 20.4. The molecule has 0 atom stereocenters. The SMILES string of the molecule is C=C1C=CC(Oc2c(Cl)cc(-n3nc(C#N)c(=O)[nH]c3=O)cc2Cl)=NN1C(C)C.